The largest absolute Gasteiger partial charge is 0.480 e. The summed E-state index contributed by atoms with van der Waals surface area (Å²) in [4.78, 5) is 31.7. The van der Waals surface area contributed by atoms with E-state index in [0.29, 0.717) is 29.2 Å². The van der Waals surface area contributed by atoms with E-state index in [1.807, 2.05) is 38.1 Å². The molecule has 2 heterocycles. The van der Waals surface area contributed by atoms with E-state index in [4.69, 9.17) is 0 Å². The summed E-state index contributed by atoms with van der Waals surface area (Å²) in [7, 11) is 0. The maximum atomic E-state index is 12.7. The molecule has 0 saturated carbocycles. The van der Waals surface area contributed by atoms with E-state index in [1.165, 1.54) is 4.57 Å². The second-order valence-electron chi connectivity index (χ2n) is 5.19. The molecule has 0 fully saturated rings. The summed E-state index contributed by atoms with van der Waals surface area (Å²) in [5.74, 6) is -0.895. The Labute approximate surface area is 136 Å². The van der Waals surface area contributed by atoms with Crippen LogP contribution in [0.1, 0.15) is 20.3 Å². The average Bonchev–Trinajstić information content (AvgIpc) is 2.91. The second-order valence-corrected chi connectivity index (χ2v) is 6.36. The summed E-state index contributed by atoms with van der Waals surface area (Å²) in [5, 5.41) is 9.96. The third-order valence-electron chi connectivity index (χ3n) is 3.79. The molecule has 0 radical (unpaired) electrons. The zero-order valence-corrected chi connectivity index (χ0v) is 13.7. The van der Waals surface area contributed by atoms with Crippen LogP contribution in [-0.4, -0.2) is 30.9 Å². The van der Waals surface area contributed by atoms with Crippen LogP contribution in [0.4, 0.5) is 0 Å². The molecule has 0 amide bonds. The highest BCUT2D eigenvalue weighted by Gasteiger charge is 2.21. The van der Waals surface area contributed by atoms with Gasteiger partial charge in [-0.1, -0.05) is 36.9 Å². The van der Waals surface area contributed by atoms with Gasteiger partial charge in [0, 0.05) is 17.4 Å². The molecule has 0 aliphatic rings. The summed E-state index contributed by atoms with van der Waals surface area (Å²) in [6, 6.07) is 7.58. The lowest BCUT2D eigenvalue weighted by molar-refractivity contribution is -0.136. The summed E-state index contributed by atoms with van der Waals surface area (Å²) < 4.78 is 1.52. The van der Waals surface area contributed by atoms with Crippen LogP contribution in [0.5, 0.6) is 0 Å². The molecule has 0 aliphatic heterocycles. The minimum atomic E-state index is -0.895. The number of thioether (sulfide) groups is 1. The molecule has 0 aliphatic carbocycles. The fraction of sp³-hybridized carbons (Fsp3) is 0.312. The number of H-pyrrole nitrogens is 1. The first kappa shape index (κ1) is 15.6. The number of carboxylic acid groups (broad SMARTS) is 1. The first-order chi connectivity index (χ1) is 11.1. The van der Waals surface area contributed by atoms with Crippen LogP contribution in [0.3, 0.4) is 0 Å². The molecule has 3 aromatic rings. The number of rotatable bonds is 5. The van der Waals surface area contributed by atoms with Crippen molar-refractivity contribution in [2.45, 2.75) is 37.2 Å². The number of para-hydroxylation sites is 1. The number of fused-ring (bicyclic) bond motifs is 3. The van der Waals surface area contributed by atoms with Gasteiger partial charge in [0.05, 0.1) is 0 Å². The number of nitrogens with zero attached hydrogens (tertiary/aromatic N) is 2. The zero-order valence-electron chi connectivity index (χ0n) is 12.9. The third kappa shape index (κ3) is 2.61. The van der Waals surface area contributed by atoms with Crippen LogP contribution in [-0.2, 0) is 11.3 Å². The Morgan fingerprint density at radius 3 is 2.78 bits per heavy atom. The number of aromatic amines is 1. The Hall–Kier alpha value is -2.28. The molecule has 120 valence electrons. The van der Waals surface area contributed by atoms with Crippen LogP contribution in [0, 0.1) is 0 Å². The lowest BCUT2D eigenvalue weighted by atomic mass is 10.2. The number of carbonyl (C=O) groups is 1. The van der Waals surface area contributed by atoms with Gasteiger partial charge in [-0.05, 0) is 19.4 Å². The van der Waals surface area contributed by atoms with Crippen LogP contribution in [0.15, 0.2) is 34.2 Å². The smallest absolute Gasteiger partial charge is 0.317 e. The standard InChI is InChI=1S/C16H17N3O3S/c1-3-11(15(21)22)23-16-18-12-9-7-5-6-8-10(9)17-13(12)14(20)19(16)4-2/h5-8,11,17H,3-4H2,1-2H3,(H,21,22)/t11-/m0/s1. The van der Waals surface area contributed by atoms with Gasteiger partial charge in [0.1, 0.15) is 16.3 Å². The molecule has 3 rings (SSSR count). The molecule has 2 aromatic heterocycles. The molecule has 6 nitrogen and oxygen atoms in total. The zero-order chi connectivity index (χ0) is 16.6. The van der Waals surface area contributed by atoms with Crippen LogP contribution < -0.4 is 5.56 Å². The minimum absolute atomic E-state index is 0.170. The van der Waals surface area contributed by atoms with Gasteiger partial charge < -0.3 is 10.1 Å². The summed E-state index contributed by atoms with van der Waals surface area (Å²) in [5.41, 5.74) is 1.73. The van der Waals surface area contributed by atoms with Gasteiger partial charge in [0.15, 0.2) is 5.16 Å². The van der Waals surface area contributed by atoms with Crippen molar-refractivity contribution in [1.82, 2.24) is 14.5 Å². The molecule has 1 aromatic carbocycles. The molecule has 0 spiro atoms. The highest BCUT2D eigenvalue weighted by atomic mass is 32.2. The molecule has 0 bridgehead atoms. The summed E-state index contributed by atoms with van der Waals surface area (Å²) >= 11 is 1.13. The number of nitrogens with one attached hydrogen (secondary N) is 1. The van der Waals surface area contributed by atoms with Crippen molar-refractivity contribution in [1.29, 1.82) is 0 Å². The first-order valence-corrected chi connectivity index (χ1v) is 8.35. The van der Waals surface area contributed by atoms with Crippen molar-refractivity contribution in [2.24, 2.45) is 0 Å². The SMILES string of the molecule is CC[C@H](Sc1nc2c([nH]c3ccccc32)c(=O)n1CC)C(=O)O. The number of aromatic nitrogens is 3. The van der Waals surface area contributed by atoms with Crippen LogP contribution in [0.25, 0.3) is 21.9 Å². The molecular formula is C16H17N3O3S. The maximum Gasteiger partial charge on any atom is 0.317 e. The third-order valence-corrected chi connectivity index (χ3v) is 5.13. The minimum Gasteiger partial charge on any atom is -0.480 e. The van der Waals surface area contributed by atoms with Gasteiger partial charge in [-0.2, -0.15) is 0 Å². The fourth-order valence-electron chi connectivity index (χ4n) is 2.58. The average molecular weight is 331 g/mol. The molecule has 0 saturated heterocycles. The van der Waals surface area contributed by atoms with Crippen molar-refractivity contribution in [3.8, 4) is 0 Å². The quantitative estimate of drug-likeness (QED) is 0.554. The molecule has 23 heavy (non-hydrogen) atoms. The van der Waals surface area contributed by atoms with Crippen molar-refractivity contribution in [2.75, 3.05) is 0 Å². The Balaban J connectivity index is 2.26. The molecular weight excluding hydrogens is 314 g/mol. The van der Waals surface area contributed by atoms with E-state index >= 15 is 0 Å². The van der Waals surface area contributed by atoms with Gasteiger partial charge in [0.2, 0.25) is 0 Å². The van der Waals surface area contributed by atoms with E-state index in [0.717, 1.165) is 22.7 Å². The lowest BCUT2D eigenvalue weighted by Crippen LogP contribution is -2.24. The molecule has 7 heteroatoms. The van der Waals surface area contributed by atoms with E-state index in [-0.39, 0.29) is 5.56 Å². The van der Waals surface area contributed by atoms with Crippen LogP contribution >= 0.6 is 11.8 Å². The Morgan fingerprint density at radius 1 is 1.39 bits per heavy atom. The highest BCUT2D eigenvalue weighted by molar-refractivity contribution is 8.00. The predicted molar refractivity (Wildman–Crippen MR) is 91.1 cm³/mol. The van der Waals surface area contributed by atoms with Crippen molar-refractivity contribution in [3.05, 3.63) is 34.6 Å². The second kappa shape index (κ2) is 6.08. The highest BCUT2D eigenvalue weighted by Crippen LogP contribution is 2.27. The monoisotopic (exact) mass is 331 g/mol. The number of carboxylic acids is 1. The molecule has 2 N–H and O–H groups in total. The van der Waals surface area contributed by atoms with E-state index in [1.54, 1.807) is 0 Å². The number of benzene rings is 1. The first-order valence-electron chi connectivity index (χ1n) is 7.47. The number of hydrogen-bond acceptors (Lipinski definition) is 4. The topological polar surface area (TPSA) is 88.0 Å². The van der Waals surface area contributed by atoms with E-state index in [2.05, 4.69) is 9.97 Å². The van der Waals surface area contributed by atoms with Gasteiger partial charge >= 0.3 is 5.97 Å². The summed E-state index contributed by atoms with van der Waals surface area (Å²) in [6.45, 7) is 4.10. The summed E-state index contributed by atoms with van der Waals surface area (Å²) in [6.07, 6.45) is 0.464. The van der Waals surface area contributed by atoms with Crippen LogP contribution in [0.2, 0.25) is 0 Å². The Bertz CT molecular complexity index is 945. The van der Waals surface area contributed by atoms with E-state index < -0.39 is 11.2 Å². The lowest BCUT2D eigenvalue weighted by Gasteiger charge is -2.13. The predicted octanol–water partition coefficient (Wildman–Crippen LogP) is 2.85. The van der Waals surface area contributed by atoms with Crippen molar-refractivity contribution in [3.63, 3.8) is 0 Å². The molecule has 0 unspecified atom stereocenters. The maximum absolute atomic E-state index is 12.7. The Morgan fingerprint density at radius 2 is 2.13 bits per heavy atom. The normalized spacial score (nSPS) is 12.8. The Kier molecular flexibility index (Phi) is 4.12. The van der Waals surface area contributed by atoms with Gasteiger partial charge in [-0.3, -0.25) is 14.2 Å². The van der Waals surface area contributed by atoms with E-state index in [9.17, 15) is 14.7 Å². The number of aliphatic carboxylic acids is 1. The van der Waals surface area contributed by atoms with Gasteiger partial charge in [-0.15, -0.1) is 0 Å². The van der Waals surface area contributed by atoms with Gasteiger partial charge in [-0.25, -0.2) is 4.98 Å². The van der Waals surface area contributed by atoms with Crippen molar-refractivity contribution < 1.29 is 9.90 Å². The van der Waals surface area contributed by atoms with Crippen molar-refractivity contribution >= 4 is 39.7 Å². The van der Waals surface area contributed by atoms with Gasteiger partial charge in [0.25, 0.3) is 5.56 Å². The molecule has 1 atom stereocenters. The number of hydrogen-bond donors (Lipinski definition) is 2. The fourth-order valence-corrected chi connectivity index (χ4v) is 3.59.